The van der Waals surface area contributed by atoms with E-state index in [-0.39, 0.29) is 11.5 Å². The molecule has 8 heteroatoms. The number of nitrogens with zero attached hydrogens (tertiary/aromatic N) is 2. The summed E-state index contributed by atoms with van der Waals surface area (Å²) in [6.45, 7) is 1.75. The van der Waals surface area contributed by atoms with Crippen molar-refractivity contribution in [3.8, 4) is 11.3 Å². The number of benzene rings is 2. The van der Waals surface area contributed by atoms with Crippen LogP contribution in [0.1, 0.15) is 15.4 Å². The fourth-order valence-corrected chi connectivity index (χ4v) is 3.69. The van der Waals surface area contributed by atoms with Crippen LogP contribution in [0.2, 0.25) is 0 Å². The smallest absolute Gasteiger partial charge is 0.267 e. The van der Waals surface area contributed by atoms with Crippen LogP contribution in [-0.2, 0) is 0 Å². The number of carbonyl (C=O) groups is 1. The number of imidazole rings is 1. The van der Waals surface area contributed by atoms with Gasteiger partial charge in [-0.3, -0.25) is 9.20 Å². The molecule has 0 aliphatic rings. The van der Waals surface area contributed by atoms with Crippen molar-refractivity contribution in [3.05, 3.63) is 76.7 Å². The Morgan fingerprint density at radius 2 is 1.78 bits per heavy atom. The Hall–Kier alpha value is -3.13. The molecule has 0 saturated carbocycles. The molecule has 136 valence electrons. The van der Waals surface area contributed by atoms with Crippen LogP contribution in [0.5, 0.6) is 0 Å². The lowest BCUT2D eigenvalue weighted by Gasteiger charge is -2.05. The molecule has 4 nitrogen and oxygen atoms in total. The number of halogens is 3. The average molecular weight is 387 g/mol. The summed E-state index contributed by atoms with van der Waals surface area (Å²) in [4.78, 5) is 17.9. The van der Waals surface area contributed by atoms with E-state index in [1.54, 1.807) is 29.7 Å². The van der Waals surface area contributed by atoms with Crippen LogP contribution in [-0.4, -0.2) is 15.3 Å². The zero-order valence-corrected chi connectivity index (χ0v) is 14.8. The summed E-state index contributed by atoms with van der Waals surface area (Å²) >= 11 is 1.15. The van der Waals surface area contributed by atoms with Crippen molar-refractivity contribution in [1.82, 2.24) is 9.38 Å². The molecule has 2 aromatic carbocycles. The van der Waals surface area contributed by atoms with E-state index in [1.807, 2.05) is 0 Å². The second-order valence-corrected chi connectivity index (χ2v) is 6.86. The summed E-state index contributed by atoms with van der Waals surface area (Å²) in [6.07, 6.45) is 1.75. The van der Waals surface area contributed by atoms with Crippen molar-refractivity contribution in [2.45, 2.75) is 6.92 Å². The highest BCUT2D eigenvalue weighted by Gasteiger charge is 2.19. The maximum atomic E-state index is 13.7. The van der Waals surface area contributed by atoms with Gasteiger partial charge in [-0.1, -0.05) is 11.3 Å². The second-order valence-electron chi connectivity index (χ2n) is 5.88. The number of hydrogen-bond donors (Lipinski definition) is 1. The van der Waals surface area contributed by atoms with Gasteiger partial charge in [0.05, 0.1) is 11.4 Å². The van der Waals surface area contributed by atoms with Gasteiger partial charge in [0, 0.05) is 23.5 Å². The molecule has 0 spiro atoms. The lowest BCUT2D eigenvalue weighted by atomic mass is 10.2. The molecule has 0 fully saturated rings. The molecule has 2 heterocycles. The molecule has 0 saturated heterocycles. The Labute approximate surface area is 155 Å². The molecule has 27 heavy (non-hydrogen) atoms. The summed E-state index contributed by atoms with van der Waals surface area (Å²) < 4.78 is 41.5. The van der Waals surface area contributed by atoms with Crippen LogP contribution in [0.15, 0.2) is 48.7 Å². The first-order valence-corrected chi connectivity index (χ1v) is 8.75. The molecule has 1 N–H and O–H groups in total. The maximum absolute atomic E-state index is 13.7. The highest BCUT2D eigenvalue weighted by Crippen LogP contribution is 2.28. The van der Waals surface area contributed by atoms with Gasteiger partial charge in [-0.25, -0.2) is 18.2 Å². The molecule has 0 radical (unpaired) electrons. The Morgan fingerprint density at radius 3 is 2.44 bits per heavy atom. The van der Waals surface area contributed by atoms with Gasteiger partial charge in [0.15, 0.2) is 4.96 Å². The van der Waals surface area contributed by atoms with E-state index < -0.39 is 17.5 Å². The third-order valence-corrected chi connectivity index (χ3v) is 5.24. The minimum absolute atomic E-state index is 0.0983. The minimum atomic E-state index is -0.846. The third kappa shape index (κ3) is 3.19. The van der Waals surface area contributed by atoms with E-state index in [0.29, 0.717) is 27.3 Å². The molecule has 0 aliphatic carbocycles. The molecule has 2 aromatic heterocycles. The van der Waals surface area contributed by atoms with Crippen LogP contribution in [0, 0.1) is 24.4 Å². The van der Waals surface area contributed by atoms with Crippen molar-refractivity contribution >= 4 is 27.9 Å². The minimum Gasteiger partial charge on any atom is -0.319 e. The zero-order valence-electron chi connectivity index (χ0n) is 14.0. The first-order valence-electron chi connectivity index (χ1n) is 7.93. The van der Waals surface area contributed by atoms with Gasteiger partial charge < -0.3 is 5.32 Å². The molecule has 4 rings (SSSR count). The van der Waals surface area contributed by atoms with Crippen molar-refractivity contribution in [3.63, 3.8) is 0 Å². The summed E-state index contributed by atoms with van der Waals surface area (Å²) in [5, 5.41) is 2.44. The number of nitrogens with one attached hydrogen (secondary N) is 1. The quantitative estimate of drug-likeness (QED) is 0.535. The first-order chi connectivity index (χ1) is 12.9. The van der Waals surface area contributed by atoms with Gasteiger partial charge in [-0.05, 0) is 43.3 Å². The van der Waals surface area contributed by atoms with E-state index in [0.717, 1.165) is 23.0 Å². The fourth-order valence-electron chi connectivity index (χ4n) is 2.69. The predicted molar refractivity (Wildman–Crippen MR) is 97.5 cm³/mol. The normalized spacial score (nSPS) is 11.1. The van der Waals surface area contributed by atoms with Crippen LogP contribution < -0.4 is 5.32 Å². The number of hydrogen-bond acceptors (Lipinski definition) is 3. The lowest BCUT2D eigenvalue weighted by molar-refractivity contribution is 0.102. The largest absolute Gasteiger partial charge is 0.319 e. The number of aromatic nitrogens is 2. The van der Waals surface area contributed by atoms with Crippen molar-refractivity contribution < 1.29 is 18.0 Å². The second kappa shape index (κ2) is 6.55. The Kier molecular flexibility index (Phi) is 4.19. The van der Waals surface area contributed by atoms with Crippen LogP contribution >= 0.6 is 11.3 Å². The molecule has 0 bridgehead atoms. The summed E-state index contributed by atoms with van der Waals surface area (Å²) in [5.41, 5.74) is 1.95. The topological polar surface area (TPSA) is 46.4 Å². The number of carbonyl (C=O) groups excluding carboxylic acids is 1. The SMILES string of the molecule is Cc1c(C(=O)Nc2ccc(F)cc2F)sc2nc(-c3ccc(F)cc3)cn12. The number of amides is 1. The molecule has 0 aliphatic heterocycles. The van der Waals surface area contributed by atoms with Crippen molar-refractivity contribution in [1.29, 1.82) is 0 Å². The summed E-state index contributed by atoms with van der Waals surface area (Å²) in [6, 6.07) is 8.91. The number of anilines is 1. The Bertz CT molecular complexity index is 1170. The standard InChI is InChI=1S/C19H12F3N3OS/c1-10-17(18(26)23-15-7-6-13(21)8-14(15)22)27-19-24-16(9-25(10)19)11-2-4-12(20)5-3-11/h2-9H,1H3,(H,23,26). The summed E-state index contributed by atoms with van der Waals surface area (Å²) in [7, 11) is 0. The van der Waals surface area contributed by atoms with Gasteiger partial charge in [0.2, 0.25) is 0 Å². The highest BCUT2D eigenvalue weighted by molar-refractivity contribution is 7.19. The predicted octanol–water partition coefficient (Wildman–Crippen LogP) is 5.04. The third-order valence-electron chi connectivity index (χ3n) is 4.08. The van der Waals surface area contributed by atoms with Gasteiger partial charge >= 0.3 is 0 Å². The molecule has 1 amide bonds. The molecule has 0 unspecified atom stereocenters. The highest BCUT2D eigenvalue weighted by atomic mass is 32.1. The lowest BCUT2D eigenvalue weighted by Crippen LogP contribution is -2.13. The van der Waals surface area contributed by atoms with Gasteiger partial charge in [-0.2, -0.15) is 0 Å². The fraction of sp³-hybridized carbons (Fsp3) is 0.0526. The maximum Gasteiger partial charge on any atom is 0.267 e. The Morgan fingerprint density at radius 1 is 1.07 bits per heavy atom. The first kappa shape index (κ1) is 17.3. The van der Waals surface area contributed by atoms with Crippen molar-refractivity contribution in [2.24, 2.45) is 0 Å². The number of rotatable bonds is 3. The molecule has 0 atom stereocenters. The van der Waals surface area contributed by atoms with Crippen LogP contribution in [0.3, 0.4) is 0 Å². The van der Waals surface area contributed by atoms with E-state index >= 15 is 0 Å². The van der Waals surface area contributed by atoms with E-state index in [2.05, 4.69) is 10.3 Å². The Balaban J connectivity index is 1.64. The molecule has 4 aromatic rings. The number of thiazole rings is 1. The number of fused-ring (bicyclic) bond motifs is 1. The van der Waals surface area contributed by atoms with Crippen LogP contribution in [0.4, 0.5) is 18.9 Å². The molecular weight excluding hydrogens is 375 g/mol. The summed E-state index contributed by atoms with van der Waals surface area (Å²) in [5.74, 6) is -2.40. The van der Waals surface area contributed by atoms with Gasteiger partial charge in [0.1, 0.15) is 22.3 Å². The number of aryl methyl sites for hydroxylation is 1. The van der Waals surface area contributed by atoms with E-state index in [9.17, 15) is 18.0 Å². The van der Waals surface area contributed by atoms with E-state index in [1.165, 1.54) is 18.2 Å². The molecular formula is C19H12F3N3OS. The van der Waals surface area contributed by atoms with Crippen LogP contribution in [0.25, 0.3) is 16.2 Å². The van der Waals surface area contributed by atoms with E-state index in [4.69, 9.17) is 0 Å². The zero-order chi connectivity index (χ0) is 19.1. The van der Waals surface area contributed by atoms with Gasteiger partial charge in [-0.15, -0.1) is 0 Å². The van der Waals surface area contributed by atoms with Crippen molar-refractivity contribution in [2.75, 3.05) is 5.32 Å². The average Bonchev–Trinajstić information content (AvgIpc) is 3.18. The van der Waals surface area contributed by atoms with Gasteiger partial charge in [0.25, 0.3) is 5.91 Å². The monoisotopic (exact) mass is 387 g/mol.